The molecule has 1 aliphatic heterocycles. The van der Waals surface area contributed by atoms with Crippen molar-refractivity contribution >= 4 is 0 Å². The molecule has 1 heterocycles. The van der Waals surface area contributed by atoms with Crippen molar-refractivity contribution in [1.29, 1.82) is 0 Å². The lowest BCUT2D eigenvalue weighted by molar-refractivity contribution is -0.0777. The molecule has 0 spiro atoms. The van der Waals surface area contributed by atoms with Gasteiger partial charge >= 0.3 is 0 Å². The molecule has 90 valence electrons. The van der Waals surface area contributed by atoms with E-state index in [1.54, 1.807) is 0 Å². The van der Waals surface area contributed by atoms with E-state index in [1.807, 2.05) is 0 Å². The second-order valence-electron chi connectivity index (χ2n) is 5.85. The lowest BCUT2D eigenvalue weighted by Crippen LogP contribution is -2.43. The van der Waals surface area contributed by atoms with Crippen LogP contribution in [-0.2, 0) is 4.74 Å². The monoisotopic (exact) mass is 213 g/mol. The van der Waals surface area contributed by atoms with Crippen LogP contribution in [0.2, 0.25) is 0 Å². The lowest BCUT2D eigenvalue weighted by Gasteiger charge is -2.33. The van der Waals surface area contributed by atoms with Crippen molar-refractivity contribution < 1.29 is 4.74 Å². The van der Waals surface area contributed by atoms with Gasteiger partial charge in [0.25, 0.3) is 0 Å². The molecule has 1 saturated heterocycles. The smallest absolute Gasteiger partial charge is 0.0677 e. The molecule has 2 atom stereocenters. The SMILES string of the molecule is CCNC(CC)C1CC(C)(C)OC1(C)C. The summed E-state index contributed by atoms with van der Waals surface area (Å²) in [6.07, 6.45) is 2.34. The Balaban J connectivity index is 2.75. The predicted octanol–water partition coefficient (Wildman–Crippen LogP) is 2.97. The molecular weight excluding hydrogens is 186 g/mol. The summed E-state index contributed by atoms with van der Waals surface area (Å²) in [5.74, 6) is 0.623. The second-order valence-corrected chi connectivity index (χ2v) is 5.85. The largest absolute Gasteiger partial charge is 0.369 e. The van der Waals surface area contributed by atoms with Crippen molar-refractivity contribution in [2.75, 3.05) is 6.54 Å². The molecule has 0 aromatic rings. The molecule has 0 amide bonds. The van der Waals surface area contributed by atoms with Crippen molar-refractivity contribution in [3.63, 3.8) is 0 Å². The molecule has 0 aromatic carbocycles. The highest BCUT2D eigenvalue weighted by Crippen LogP contribution is 2.44. The van der Waals surface area contributed by atoms with Crippen molar-refractivity contribution in [3.05, 3.63) is 0 Å². The fourth-order valence-corrected chi connectivity index (χ4v) is 3.06. The Bertz CT molecular complexity index is 211. The van der Waals surface area contributed by atoms with E-state index < -0.39 is 0 Å². The minimum absolute atomic E-state index is 0.00630. The Hall–Kier alpha value is -0.0800. The Morgan fingerprint density at radius 1 is 1.27 bits per heavy atom. The summed E-state index contributed by atoms with van der Waals surface area (Å²) in [4.78, 5) is 0. The average molecular weight is 213 g/mol. The van der Waals surface area contributed by atoms with Gasteiger partial charge in [-0.05, 0) is 47.1 Å². The molecule has 2 unspecified atom stereocenters. The van der Waals surface area contributed by atoms with Crippen molar-refractivity contribution in [2.24, 2.45) is 5.92 Å². The van der Waals surface area contributed by atoms with Crippen LogP contribution in [-0.4, -0.2) is 23.8 Å². The quantitative estimate of drug-likeness (QED) is 0.775. The van der Waals surface area contributed by atoms with E-state index in [9.17, 15) is 0 Å². The zero-order valence-electron chi connectivity index (χ0n) is 11.2. The molecule has 0 aromatic heterocycles. The maximum absolute atomic E-state index is 6.14. The van der Waals surface area contributed by atoms with Gasteiger partial charge in [-0.25, -0.2) is 0 Å². The molecule has 0 saturated carbocycles. The van der Waals surface area contributed by atoms with Crippen LogP contribution in [0.3, 0.4) is 0 Å². The lowest BCUT2D eigenvalue weighted by atomic mass is 9.80. The first-order chi connectivity index (χ1) is 6.82. The highest BCUT2D eigenvalue weighted by Gasteiger charge is 2.48. The summed E-state index contributed by atoms with van der Waals surface area (Å²) in [6, 6.07) is 0.590. The van der Waals surface area contributed by atoms with E-state index in [1.165, 1.54) is 6.42 Å². The second kappa shape index (κ2) is 4.42. The van der Waals surface area contributed by atoms with Crippen LogP contribution < -0.4 is 5.32 Å². The Labute approximate surface area is 94.8 Å². The predicted molar refractivity (Wildman–Crippen MR) is 65.1 cm³/mol. The summed E-state index contributed by atoms with van der Waals surface area (Å²) >= 11 is 0. The highest BCUT2D eigenvalue weighted by atomic mass is 16.5. The summed E-state index contributed by atoms with van der Waals surface area (Å²) in [5, 5.41) is 3.59. The molecule has 2 nitrogen and oxygen atoms in total. The van der Waals surface area contributed by atoms with E-state index in [4.69, 9.17) is 4.74 Å². The molecular formula is C13H27NO. The van der Waals surface area contributed by atoms with E-state index >= 15 is 0 Å². The summed E-state index contributed by atoms with van der Waals surface area (Å²) in [6.45, 7) is 14.3. The number of rotatable bonds is 4. The number of nitrogens with one attached hydrogen (secondary N) is 1. The first-order valence-corrected chi connectivity index (χ1v) is 6.26. The van der Waals surface area contributed by atoms with E-state index in [0.717, 1.165) is 13.0 Å². The molecule has 1 fully saturated rings. The third kappa shape index (κ3) is 2.94. The molecule has 0 radical (unpaired) electrons. The van der Waals surface area contributed by atoms with Crippen LogP contribution in [0.5, 0.6) is 0 Å². The minimum Gasteiger partial charge on any atom is -0.369 e. The maximum Gasteiger partial charge on any atom is 0.0677 e. The minimum atomic E-state index is 0.00630. The third-order valence-corrected chi connectivity index (χ3v) is 3.54. The van der Waals surface area contributed by atoms with Crippen LogP contribution >= 0.6 is 0 Å². The van der Waals surface area contributed by atoms with Gasteiger partial charge in [-0.1, -0.05) is 13.8 Å². The Morgan fingerprint density at radius 2 is 1.87 bits per heavy atom. The van der Waals surface area contributed by atoms with E-state index in [2.05, 4.69) is 46.9 Å². The molecule has 1 rings (SSSR count). The summed E-state index contributed by atoms with van der Waals surface area (Å²) in [7, 11) is 0. The van der Waals surface area contributed by atoms with Crippen molar-refractivity contribution in [3.8, 4) is 0 Å². The Morgan fingerprint density at radius 3 is 2.20 bits per heavy atom. The molecule has 0 aliphatic carbocycles. The fourth-order valence-electron chi connectivity index (χ4n) is 3.06. The normalized spacial score (nSPS) is 30.4. The van der Waals surface area contributed by atoms with Gasteiger partial charge in [0.1, 0.15) is 0 Å². The summed E-state index contributed by atoms with van der Waals surface area (Å²) in [5.41, 5.74) is 0.0450. The third-order valence-electron chi connectivity index (χ3n) is 3.54. The molecule has 0 bridgehead atoms. The zero-order valence-corrected chi connectivity index (χ0v) is 11.2. The molecule has 1 aliphatic rings. The number of hydrogen-bond acceptors (Lipinski definition) is 2. The molecule has 15 heavy (non-hydrogen) atoms. The first-order valence-electron chi connectivity index (χ1n) is 6.26. The van der Waals surface area contributed by atoms with Gasteiger partial charge in [0.2, 0.25) is 0 Å². The van der Waals surface area contributed by atoms with E-state index in [-0.39, 0.29) is 11.2 Å². The molecule has 2 heteroatoms. The van der Waals surface area contributed by atoms with E-state index in [0.29, 0.717) is 12.0 Å². The number of ether oxygens (including phenoxy) is 1. The van der Waals surface area contributed by atoms with Gasteiger partial charge < -0.3 is 10.1 Å². The van der Waals surface area contributed by atoms with Gasteiger partial charge in [0.15, 0.2) is 0 Å². The van der Waals surface area contributed by atoms with Crippen molar-refractivity contribution in [2.45, 2.75) is 71.6 Å². The number of hydrogen-bond donors (Lipinski definition) is 1. The highest BCUT2D eigenvalue weighted by molar-refractivity contribution is 4.99. The molecule has 1 N–H and O–H groups in total. The van der Waals surface area contributed by atoms with Gasteiger partial charge in [-0.3, -0.25) is 0 Å². The Kier molecular flexibility index (Phi) is 3.83. The zero-order chi connectivity index (χ0) is 11.7. The fraction of sp³-hybridized carbons (Fsp3) is 1.00. The van der Waals surface area contributed by atoms with Crippen molar-refractivity contribution in [1.82, 2.24) is 5.32 Å². The van der Waals surface area contributed by atoms with Crippen LogP contribution in [0, 0.1) is 5.92 Å². The first kappa shape index (κ1) is 13.0. The summed E-state index contributed by atoms with van der Waals surface area (Å²) < 4.78 is 6.14. The van der Waals surface area contributed by atoms with Gasteiger partial charge in [0, 0.05) is 12.0 Å². The van der Waals surface area contributed by atoms with Crippen LogP contribution in [0.1, 0.15) is 54.4 Å². The standard InChI is InChI=1S/C13H27NO/c1-7-11(14-8-2)10-9-12(3,4)15-13(10,5)6/h10-11,14H,7-9H2,1-6H3. The maximum atomic E-state index is 6.14. The topological polar surface area (TPSA) is 21.3 Å². The van der Waals surface area contributed by atoms with Crippen LogP contribution in [0.4, 0.5) is 0 Å². The van der Waals surface area contributed by atoms with Crippen LogP contribution in [0.25, 0.3) is 0 Å². The van der Waals surface area contributed by atoms with Gasteiger partial charge in [-0.2, -0.15) is 0 Å². The van der Waals surface area contributed by atoms with Gasteiger partial charge in [0.05, 0.1) is 11.2 Å². The van der Waals surface area contributed by atoms with Crippen LogP contribution in [0.15, 0.2) is 0 Å². The average Bonchev–Trinajstić information content (AvgIpc) is 2.30. The van der Waals surface area contributed by atoms with Gasteiger partial charge in [-0.15, -0.1) is 0 Å².